The second-order valence-electron chi connectivity index (χ2n) is 7.77. The largest absolute Gasteiger partial charge is 0.507 e. The van der Waals surface area contributed by atoms with E-state index in [9.17, 15) is 28.5 Å². The van der Waals surface area contributed by atoms with Crippen LogP contribution < -0.4 is 5.32 Å². The normalized spacial score (nSPS) is 12.4. The average molecular weight is 504 g/mol. The Bertz CT molecular complexity index is 1280. The summed E-state index contributed by atoms with van der Waals surface area (Å²) in [5.41, 5.74) is 1.37. The van der Waals surface area contributed by atoms with E-state index >= 15 is 0 Å². The first-order valence-corrected chi connectivity index (χ1v) is 12.6. The van der Waals surface area contributed by atoms with Gasteiger partial charge in [0.15, 0.2) is 0 Å². The molecule has 0 fully saturated rings. The SMILES string of the molecule is CCc1c(S(=O)(=O)c2ccc(CCNCC(O)c3cccc(Cl)c3)cc2)ccc(C(=O)O)c1O. The van der Waals surface area contributed by atoms with Gasteiger partial charge in [-0.2, -0.15) is 0 Å². The van der Waals surface area contributed by atoms with Gasteiger partial charge in [0, 0.05) is 17.1 Å². The van der Waals surface area contributed by atoms with Crippen molar-refractivity contribution in [2.45, 2.75) is 35.7 Å². The molecule has 3 rings (SSSR count). The summed E-state index contributed by atoms with van der Waals surface area (Å²) in [5, 5.41) is 33.4. The molecule has 34 heavy (non-hydrogen) atoms. The predicted molar refractivity (Wildman–Crippen MR) is 129 cm³/mol. The van der Waals surface area contributed by atoms with Crippen molar-refractivity contribution in [2.24, 2.45) is 0 Å². The molecule has 0 heterocycles. The average Bonchev–Trinajstić information content (AvgIpc) is 2.81. The van der Waals surface area contributed by atoms with Crippen LogP contribution in [-0.2, 0) is 22.7 Å². The third-order valence-electron chi connectivity index (χ3n) is 5.51. The number of aliphatic hydroxyl groups is 1. The second kappa shape index (κ2) is 11.0. The van der Waals surface area contributed by atoms with E-state index in [4.69, 9.17) is 11.6 Å². The van der Waals surface area contributed by atoms with Gasteiger partial charge in [-0.25, -0.2) is 13.2 Å². The first kappa shape index (κ1) is 25.7. The summed E-state index contributed by atoms with van der Waals surface area (Å²) in [6.45, 7) is 2.58. The summed E-state index contributed by atoms with van der Waals surface area (Å²) in [5.74, 6) is -1.85. The fourth-order valence-corrected chi connectivity index (χ4v) is 5.41. The summed E-state index contributed by atoms with van der Waals surface area (Å²) in [6, 6.07) is 15.8. The minimum atomic E-state index is -3.95. The molecule has 7 nitrogen and oxygen atoms in total. The van der Waals surface area contributed by atoms with Gasteiger partial charge in [0.1, 0.15) is 11.3 Å². The van der Waals surface area contributed by atoms with Crippen LogP contribution >= 0.6 is 11.6 Å². The zero-order valence-corrected chi connectivity index (χ0v) is 20.1. The van der Waals surface area contributed by atoms with Gasteiger partial charge in [0.05, 0.1) is 15.9 Å². The maximum atomic E-state index is 13.1. The molecule has 3 aromatic rings. The molecule has 0 aromatic heterocycles. The molecule has 9 heteroatoms. The number of carbonyl (C=O) groups is 1. The minimum absolute atomic E-state index is 0.0535. The first-order valence-electron chi connectivity index (χ1n) is 10.7. The highest BCUT2D eigenvalue weighted by Gasteiger charge is 2.25. The predicted octanol–water partition coefficient (Wildman–Crippen LogP) is 4.00. The molecule has 0 saturated carbocycles. The molecule has 0 aliphatic rings. The first-order chi connectivity index (χ1) is 16.1. The number of benzene rings is 3. The summed E-state index contributed by atoms with van der Waals surface area (Å²) >= 11 is 5.95. The Morgan fingerprint density at radius 3 is 2.41 bits per heavy atom. The number of carboxylic acids is 1. The fraction of sp³-hybridized carbons (Fsp3) is 0.240. The van der Waals surface area contributed by atoms with Crippen molar-refractivity contribution in [1.29, 1.82) is 0 Å². The van der Waals surface area contributed by atoms with E-state index in [2.05, 4.69) is 5.32 Å². The van der Waals surface area contributed by atoms with Gasteiger partial charge in [-0.1, -0.05) is 42.8 Å². The number of aliphatic hydroxyl groups excluding tert-OH is 1. The second-order valence-corrected chi connectivity index (χ2v) is 10.1. The summed E-state index contributed by atoms with van der Waals surface area (Å²) in [6.07, 6.45) is 0.0892. The molecule has 0 aliphatic heterocycles. The summed E-state index contributed by atoms with van der Waals surface area (Å²) in [4.78, 5) is 11.2. The van der Waals surface area contributed by atoms with Crippen molar-refractivity contribution in [1.82, 2.24) is 5.32 Å². The van der Waals surface area contributed by atoms with Gasteiger partial charge >= 0.3 is 5.97 Å². The fourth-order valence-electron chi connectivity index (χ4n) is 3.65. The molecule has 0 spiro atoms. The number of nitrogens with one attached hydrogen (secondary N) is 1. The van der Waals surface area contributed by atoms with E-state index < -0.39 is 27.7 Å². The lowest BCUT2D eigenvalue weighted by atomic mass is 10.1. The van der Waals surface area contributed by atoms with Crippen molar-refractivity contribution in [3.8, 4) is 5.75 Å². The zero-order valence-electron chi connectivity index (χ0n) is 18.5. The molecule has 1 atom stereocenters. The monoisotopic (exact) mass is 503 g/mol. The van der Waals surface area contributed by atoms with E-state index in [1.165, 1.54) is 18.2 Å². The summed E-state index contributed by atoms with van der Waals surface area (Å²) < 4.78 is 26.3. The van der Waals surface area contributed by atoms with Crippen LogP contribution in [0.5, 0.6) is 5.75 Å². The molecule has 0 bridgehead atoms. The smallest absolute Gasteiger partial charge is 0.339 e. The number of carboxylic acid groups (broad SMARTS) is 1. The molecule has 0 aliphatic carbocycles. The van der Waals surface area contributed by atoms with Crippen LogP contribution in [0.1, 0.15) is 40.1 Å². The number of rotatable bonds is 10. The van der Waals surface area contributed by atoms with Gasteiger partial charge < -0.3 is 20.6 Å². The number of hydrogen-bond donors (Lipinski definition) is 4. The highest BCUT2D eigenvalue weighted by molar-refractivity contribution is 7.91. The Kier molecular flexibility index (Phi) is 8.33. The summed E-state index contributed by atoms with van der Waals surface area (Å²) in [7, 11) is -3.95. The molecule has 3 aromatic carbocycles. The maximum Gasteiger partial charge on any atom is 0.339 e. The molecular weight excluding hydrogens is 478 g/mol. The lowest BCUT2D eigenvalue weighted by molar-refractivity contribution is 0.0693. The van der Waals surface area contributed by atoms with Gasteiger partial charge in [-0.3, -0.25) is 0 Å². The van der Waals surface area contributed by atoms with Gasteiger partial charge in [-0.05, 0) is 66.9 Å². The minimum Gasteiger partial charge on any atom is -0.507 e. The third kappa shape index (κ3) is 5.77. The molecule has 4 N–H and O–H groups in total. The molecular formula is C25H26ClNO6S. The van der Waals surface area contributed by atoms with Gasteiger partial charge in [0.25, 0.3) is 0 Å². The van der Waals surface area contributed by atoms with Crippen LogP contribution in [0.2, 0.25) is 5.02 Å². The van der Waals surface area contributed by atoms with E-state index in [-0.39, 0.29) is 27.3 Å². The quantitative estimate of drug-likeness (QED) is 0.308. The van der Waals surface area contributed by atoms with Crippen LogP contribution in [0.25, 0.3) is 0 Å². The lowest BCUT2D eigenvalue weighted by Crippen LogP contribution is -2.23. The molecule has 1 unspecified atom stereocenters. The molecule has 0 saturated heterocycles. The van der Waals surface area contributed by atoms with Crippen molar-refractivity contribution in [3.63, 3.8) is 0 Å². The number of halogens is 1. The standard InChI is InChI=1S/C25H26ClNO6S/c1-2-20-23(11-10-21(24(20)29)25(30)31)34(32,33)19-8-6-16(7-9-19)12-13-27-15-22(28)17-4-3-5-18(26)14-17/h3-11,14,22,27-29H,2,12-13,15H2,1H3,(H,30,31). The number of aromatic hydroxyl groups is 1. The zero-order chi connectivity index (χ0) is 24.9. The number of aromatic carboxylic acids is 1. The number of hydrogen-bond acceptors (Lipinski definition) is 6. The lowest BCUT2D eigenvalue weighted by Gasteiger charge is -2.14. The van der Waals surface area contributed by atoms with Crippen LogP contribution in [0.15, 0.2) is 70.5 Å². The van der Waals surface area contributed by atoms with E-state index in [1.54, 1.807) is 43.3 Å². The van der Waals surface area contributed by atoms with Gasteiger partial charge in [0.2, 0.25) is 9.84 Å². The Morgan fingerprint density at radius 1 is 1.09 bits per heavy atom. The van der Waals surface area contributed by atoms with Crippen molar-refractivity contribution in [3.05, 3.63) is 87.9 Å². The maximum absolute atomic E-state index is 13.1. The van der Waals surface area contributed by atoms with Gasteiger partial charge in [-0.15, -0.1) is 0 Å². The Balaban J connectivity index is 1.66. The Labute approximate surface area is 203 Å². The van der Waals surface area contributed by atoms with E-state index in [0.717, 1.165) is 17.2 Å². The van der Waals surface area contributed by atoms with E-state index in [1.807, 2.05) is 0 Å². The Hall–Kier alpha value is -2.91. The molecule has 0 amide bonds. The number of phenols is 1. The third-order valence-corrected chi connectivity index (χ3v) is 7.60. The highest BCUT2D eigenvalue weighted by atomic mass is 35.5. The van der Waals surface area contributed by atoms with Crippen LogP contribution in [0.3, 0.4) is 0 Å². The topological polar surface area (TPSA) is 124 Å². The van der Waals surface area contributed by atoms with Crippen molar-refractivity contribution >= 4 is 27.4 Å². The Morgan fingerprint density at radius 2 is 1.79 bits per heavy atom. The number of sulfone groups is 1. The van der Waals surface area contributed by atoms with Crippen molar-refractivity contribution < 1.29 is 28.5 Å². The highest BCUT2D eigenvalue weighted by Crippen LogP contribution is 2.33. The van der Waals surface area contributed by atoms with Crippen molar-refractivity contribution in [2.75, 3.05) is 13.1 Å². The van der Waals surface area contributed by atoms with Crippen LogP contribution in [-0.4, -0.2) is 42.8 Å². The van der Waals surface area contributed by atoms with Crippen LogP contribution in [0.4, 0.5) is 0 Å². The van der Waals surface area contributed by atoms with E-state index in [0.29, 0.717) is 24.5 Å². The molecule has 180 valence electrons. The van der Waals surface area contributed by atoms with Crippen LogP contribution in [0, 0.1) is 0 Å². The molecule has 0 radical (unpaired) electrons.